The second kappa shape index (κ2) is 12.4. The summed E-state index contributed by atoms with van der Waals surface area (Å²) in [4.78, 5) is 28.8. The Labute approximate surface area is 251 Å². The summed E-state index contributed by atoms with van der Waals surface area (Å²) in [6, 6.07) is 13.1. The van der Waals surface area contributed by atoms with Crippen molar-refractivity contribution < 1.29 is 19.1 Å². The molecule has 1 aliphatic heterocycles. The lowest BCUT2D eigenvalue weighted by atomic mass is 9.87. The van der Waals surface area contributed by atoms with Crippen LogP contribution in [-0.2, 0) is 15.0 Å². The van der Waals surface area contributed by atoms with E-state index in [0.717, 1.165) is 16.8 Å². The SMILES string of the molecule is COc1ccc(C2SCC(=O)N(CC(=O)NC(C)C(C)C)c3c2c(C(C)(C)C)nn3-c2ccccc2Cl)cc1OC. The molecule has 1 N–H and O–H groups in total. The predicted molar refractivity (Wildman–Crippen MR) is 166 cm³/mol. The number of benzene rings is 2. The van der Waals surface area contributed by atoms with Gasteiger partial charge < -0.3 is 14.8 Å². The Morgan fingerprint density at radius 2 is 1.80 bits per heavy atom. The summed E-state index contributed by atoms with van der Waals surface area (Å²) in [6.45, 7) is 12.2. The quantitative estimate of drug-likeness (QED) is 0.334. The molecule has 0 spiro atoms. The minimum atomic E-state index is -0.389. The first kappa shape index (κ1) is 30.8. The lowest BCUT2D eigenvalue weighted by Gasteiger charge is -2.26. The van der Waals surface area contributed by atoms with E-state index in [-0.39, 0.29) is 46.7 Å². The molecule has 1 aromatic heterocycles. The zero-order valence-electron chi connectivity index (χ0n) is 24.9. The fraction of sp³-hybridized carbons (Fsp3) is 0.452. The van der Waals surface area contributed by atoms with Crippen molar-refractivity contribution in [1.82, 2.24) is 15.1 Å². The first-order valence-electron chi connectivity index (χ1n) is 13.7. The maximum Gasteiger partial charge on any atom is 0.240 e. The number of rotatable bonds is 8. The van der Waals surface area contributed by atoms with Crippen molar-refractivity contribution in [2.45, 2.75) is 58.2 Å². The maximum atomic E-state index is 13.9. The number of carbonyl (C=O) groups excluding carboxylic acids is 2. The van der Waals surface area contributed by atoms with Gasteiger partial charge in [0.15, 0.2) is 11.5 Å². The van der Waals surface area contributed by atoms with Gasteiger partial charge >= 0.3 is 0 Å². The van der Waals surface area contributed by atoms with Crippen LogP contribution in [0.1, 0.15) is 63.6 Å². The van der Waals surface area contributed by atoms with Gasteiger partial charge in [0.1, 0.15) is 12.4 Å². The molecule has 41 heavy (non-hydrogen) atoms. The number of thioether (sulfide) groups is 1. The molecule has 0 bridgehead atoms. The van der Waals surface area contributed by atoms with Crippen LogP contribution in [0.15, 0.2) is 42.5 Å². The molecule has 2 unspecified atom stereocenters. The lowest BCUT2D eigenvalue weighted by Crippen LogP contribution is -2.46. The Hall–Kier alpha value is -3.17. The number of hydrogen-bond acceptors (Lipinski definition) is 6. The number of carbonyl (C=O) groups is 2. The molecule has 220 valence electrons. The number of nitrogens with zero attached hydrogens (tertiary/aromatic N) is 3. The molecule has 3 aromatic rings. The van der Waals surface area contributed by atoms with Crippen molar-refractivity contribution in [2.75, 3.05) is 31.4 Å². The van der Waals surface area contributed by atoms with E-state index in [1.165, 1.54) is 11.8 Å². The summed E-state index contributed by atoms with van der Waals surface area (Å²) in [7, 11) is 3.20. The van der Waals surface area contributed by atoms with Crippen LogP contribution < -0.4 is 19.7 Å². The number of methoxy groups -OCH3 is 2. The zero-order chi connectivity index (χ0) is 30.1. The third-order valence-electron chi connectivity index (χ3n) is 7.28. The van der Waals surface area contributed by atoms with E-state index < -0.39 is 0 Å². The molecular weight excluding hydrogens is 560 g/mol. The smallest absolute Gasteiger partial charge is 0.240 e. The van der Waals surface area contributed by atoms with E-state index in [4.69, 9.17) is 26.2 Å². The molecule has 1 aliphatic rings. The van der Waals surface area contributed by atoms with Gasteiger partial charge in [-0.15, -0.1) is 11.8 Å². The van der Waals surface area contributed by atoms with Crippen LogP contribution in [0.25, 0.3) is 5.69 Å². The molecule has 2 heterocycles. The highest BCUT2D eigenvalue weighted by Crippen LogP contribution is 2.49. The van der Waals surface area contributed by atoms with Gasteiger partial charge in [-0.3, -0.25) is 14.5 Å². The molecular formula is C31H39ClN4O4S. The molecule has 0 radical (unpaired) electrons. The van der Waals surface area contributed by atoms with Gasteiger partial charge in [-0.2, -0.15) is 5.10 Å². The van der Waals surface area contributed by atoms with Crippen molar-refractivity contribution in [1.29, 1.82) is 0 Å². The lowest BCUT2D eigenvalue weighted by molar-refractivity contribution is -0.123. The number of anilines is 1. The first-order chi connectivity index (χ1) is 19.4. The Kier molecular flexibility index (Phi) is 9.29. The van der Waals surface area contributed by atoms with Crippen molar-refractivity contribution in [3.63, 3.8) is 0 Å². The van der Waals surface area contributed by atoms with Crippen molar-refractivity contribution in [3.8, 4) is 17.2 Å². The van der Waals surface area contributed by atoms with E-state index >= 15 is 0 Å². The van der Waals surface area contributed by atoms with Crippen molar-refractivity contribution in [3.05, 3.63) is 64.3 Å². The van der Waals surface area contributed by atoms with E-state index in [9.17, 15) is 9.59 Å². The summed E-state index contributed by atoms with van der Waals surface area (Å²) in [6.07, 6.45) is 0. The largest absolute Gasteiger partial charge is 0.493 e. The van der Waals surface area contributed by atoms with Crippen LogP contribution in [0.5, 0.6) is 11.5 Å². The van der Waals surface area contributed by atoms with E-state index in [2.05, 4.69) is 26.1 Å². The maximum absolute atomic E-state index is 13.9. The molecule has 0 saturated carbocycles. The normalized spacial score (nSPS) is 16.3. The molecule has 2 aromatic carbocycles. The van der Waals surface area contributed by atoms with Gasteiger partial charge in [-0.05, 0) is 42.7 Å². The first-order valence-corrected chi connectivity index (χ1v) is 15.1. The van der Waals surface area contributed by atoms with Gasteiger partial charge in [-0.1, -0.05) is 64.4 Å². The van der Waals surface area contributed by atoms with Gasteiger partial charge in [0.05, 0.1) is 41.6 Å². The van der Waals surface area contributed by atoms with Crippen molar-refractivity contribution in [2.24, 2.45) is 5.92 Å². The minimum Gasteiger partial charge on any atom is -0.493 e. The summed E-state index contributed by atoms with van der Waals surface area (Å²) < 4.78 is 12.8. The second-order valence-electron chi connectivity index (χ2n) is 11.6. The fourth-order valence-corrected chi connectivity index (χ4v) is 6.16. The molecule has 0 fully saturated rings. The van der Waals surface area contributed by atoms with Crippen LogP contribution in [0.3, 0.4) is 0 Å². The van der Waals surface area contributed by atoms with E-state index in [1.807, 2.05) is 57.2 Å². The summed E-state index contributed by atoms with van der Waals surface area (Å²) >= 11 is 8.21. The number of aromatic nitrogens is 2. The van der Waals surface area contributed by atoms with Crippen LogP contribution in [0.2, 0.25) is 5.02 Å². The molecule has 4 rings (SSSR count). The molecule has 10 heteroatoms. The van der Waals surface area contributed by atoms with Gasteiger partial charge in [0, 0.05) is 17.0 Å². The standard InChI is InChI=1S/C31H39ClN4O4S/c1-18(2)19(3)33-25(37)16-35-26(38)17-41-28(20-13-14-23(39-7)24(15-20)40-8)27-29(31(4,5)6)34-36(30(27)35)22-12-10-9-11-21(22)32/h9-15,18-19,28H,16-17H2,1-8H3,(H,33,37). The summed E-state index contributed by atoms with van der Waals surface area (Å²) in [5.74, 6) is 1.77. The monoisotopic (exact) mass is 598 g/mol. The average Bonchev–Trinajstić information content (AvgIpc) is 3.26. The Morgan fingerprint density at radius 3 is 2.41 bits per heavy atom. The Morgan fingerprint density at radius 1 is 1.12 bits per heavy atom. The highest BCUT2D eigenvalue weighted by atomic mass is 35.5. The fourth-order valence-electron chi connectivity index (χ4n) is 4.75. The number of fused-ring (bicyclic) bond motifs is 1. The topological polar surface area (TPSA) is 85.7 Å². The molecule has 0 saturated heterocycles. The molecule has 0 aliphatic carbocycles. The minimum absolute atomic E-state index is 0.0449. The second-order valence-corrected chi connectivity index (χ2v) is 13.1. The summed E-state index contributed by atoms with van der Waals surface area (Å²) in [5, 5.41) is 8.37. The zero-order valence-corrected chi connectivity index (χ0v) is 26.5. The molecule has 8 nitrogen and oxygen atoms in total. The average molecular weight is 599 g/mol. The van der Waals surface area contributed by atoms with E-state index in [1.54, 1.807) is 29.9 Å². The third-order valence-corrected chi connectivity index (χ3v) is 8.86. The third kappa shape index (κ3) is 6.36. The number of para-hydroxylation sites is 1. The number of nitrogens with one attached hydrogen (secondary N) is 1. The number of hydrogen-bond donors (Lipinski definition) is 1. The van der Waals surface area contributed by atoms with Crippen LogP contribution in [-0.4, -0.2) is 54.2 Å². The Balaban J connectivity index is 1.99. The van der Waals surface area contributed by atoms with E-state index in [0.29, 0.717) is 28.0 Å². The van der Waals surface area contributed by atoms with Gasteiger partial charge in [0.25, 0.3) is 0 Å². The van der Waals surface area contributed by atoms with Gasteiger partial charge in [-0.25, -0.2) is 4.68 Å². The Bertz CT molecular complexity index is 1430. The molecule has 2 atom stereocenters. The highest BCUT2D eigenvalue weighted by molar-refractivity contribution is 8.00. The number of halogens is 1. The van der Waals surface area contributed by atoms with Crippen LogP contribution >= 0.6 is 23.4 Å². The molecule has 2 amide bonds. The predicted octanol–water partition coefficient (Wildman–Crippen LogP) is 6.17. The highest BCUT2D eigenvalue weighted by Gasteiger charge is 2.40. The van der Waals surface area contributed by atoms with Crippen LogP contribution in [0.4, 0.5) is 5.82 Å². The summed E-state index contributed by atoms with van der Waals surface area (Å²) in [5.41, 5.74) is 2.86. The van der Waals surface area contributed by atoms with Crippen LogP contribution in [0, 0.1) is 5.92 Å². The van der Waals surface area contributed by atoms with Gasteiger partial charge in [0.2, 0.25) is 11.8 Å². The number of amides is 2. The van der Waals surface area contributed by atoms with Crippen molar-refractivity contribution >= 4 is 41.0 Å². The number of ether oxygens (including phenoxy) is 2.